The molecule has 0 aliphatic carbocycles. The van der Waals surface area contributed by atoms with E-state index in [9.17, 15) is 31.2 Å². The number of carbonyl (C=O) groups excluding carboxylic acids is 3. The van der Waals surface area contributed by atoms with E-state index in [1.54, 1.807) is 55.5 Å². The smallest absolute Gasteiger partial charge is 0.222 e. The maximum absolute atomic E-state index is 10.4. The van der Waals surface area contributed by atoms with Gasteiger partial charge in [-0.3, -0.25) is 4.79 Å². The van der Waals surface area contributed by atoms with E-state index in [0.29, 0.717) is 13.0 Å². The molecule has 5 unspecified atom stereocenters. The van der Waals surface area contributed by atoms with Crippen LogP contribution in [0.15, 0.2) is 12.2 Å². The van der Waals surface area contributed by atoms with Crippen LogP contribution < -0.4 is 20.7 Å². The molecule has 16 nitrogen and oxygen atoms in total. The van der Waals surface area contributed by atoms with Crippen molar-refractivity contribution in [2.75, 3.05) is 59.5 Å². The molecule has 0 aromatic heterocycles. The van der Waals surface area contributed by atoms with E-state index in [4.69, 9.17) is 25.5 Å². The lowest BCUT2D eigenvalue weighted by Crippen LogP contribution is -2.21. The summed E-state index contributed by atoms with van der Waals surface area (Å²) in [7, 11) is 1.09. The van der Waals surface area contributed by atoms with Crippen LogP contribution in [0, 0.1) is 0 Å². The van der Waals surface area contributed by atoms with Gasteiger partial charge in [0.2, 0.25) is 15.9 Å². The summed E-state index contributed by atoms with van der Waals surface area (Å²) >= 11 is 0. The molecule has 18 heteroatoms. The van der Waals surface area contributed by atoms with Crippen molar-refractivity contribution in [2.45, 2.75) is 214 Å². The zero-order chi connectivity index (χ0) is 46.1. The summed E-state index contributed by atoms with van der Waals surface area (Å²) in [6.07, 6.45) is 5.99. The van der Waals surface area contributed by atoms with Gasteiger partial charge in [0.25, 0.3) is 0 Å². The number of nitrogens with one attached hydrogen (secondary N) is 4. The van der Waals surface area contributed by atoms with Crippen LogP contribution in [0.25, 0.3) is 0 Å². The largest absolute Gasteiger partial charge is 0.393 e. The number of ketones is 2. The molecular weight excluding hydrogens is 853 g/mol. The van der Waals surface area contributed by atoms with Gasteiger partial charge in [-0.2, -0.15) is 0 Å². The van der Waals surface area contributed by atoms with Gasteiger partial charge in [-0.05, 0) is 103 Å². The number of likely N-dealkylation sites (N-methyl/N-ethyl adjacent to an activating group) is 1. The van der Waals surface area contributed by atoms with Gasteiger partial charge < -0.3 is 51.1 Å². The third kappa shape index (κ3) is 380. The van der Waals surface area contributed by atoms with Crippen LogP contribution in [0.3, 0.4) is 0 Å². The summed E-state index contributed by atoms with van der Waals surface area (Å²) in [5.74, 6) is 0.539. The molecule has 0 rings (SSSR count). The van der Waals surface area contributed by atoms with Crippen molar-refractivity contribution < 1.29 is 56.8 Å². The lowest BCUT2D eigenvalue weighted by atomic mass is 10.3. The number of allylic oxidation sites excluding steroid dienone is 2. The second kappa shape index (κ2) is 98.8. The summed E-state index contributed by atoms with van der Waals surface area (Å²) in [6.45, 7) is 26.1. The molecule has 0 spiro atoms. The third-order valence-corrected chi connectivity index (χ3v) is 6.42. The average molecular weight is 978 g/mol. The van der Waals surface area contributed by atoms with Crippen molar-refractivity contribution in [3.8, 4) is 0 Å². The van der Waals surface area contributed by atoms with Crippen LogP contribution >= 0.6 is 0 Å². The third-order valence-electron chi connectivity index (χ3n) is 4.63. The number of hydrogen-bond donors (Lipinski definition) is 9. The monoisotopic (exact) mass is 977 g/mol. The predicted molar refractivity (Wildman–Crippen MR) is 289 cm³/mol. The van der Waals surface area contributed by atoms with E-state index in [1.165, 1.54) is 27.2 Å². The fourth-order valence-corrected chi connectivity index (χ4v) is 0.666. The molecule has 1 amide bonds. The van der Waals surface area contributed by atoms with Gasteiger partial charge in [0, 0.05) is 32.0 Å². The van der Waals surface area contributed by atoms with Crippen molar-refractivity contribution >= 4 is 37.3 Å². The van der Waals surface area contributed by atoms with Crippen LogP contribution in [-0.4, -0.2) is 150 Å². The van der Waals surface area contributed by atoms with Crippen molar-refractivity contribution in [2.24, 2.45) is 0 Å². The molecule has 0 bridgehead atoms. The molecule has 0 heterocycles. The van der Waals surface area contributed by atoms with E-state index in [2.05, 4.69) is 27.6 Å². The van der Waals surface area contributed by atoms with Crippen LogP contribution in [-0.2, 0) is 34.2 Å². The van der Waals surface area contributed by atoms with Gasteiger partial charge in [0.15, 0.2) is 0 Å². The number of carbonyl (C=O) groups is 3. The normalized spacial score (nSPS) is 10.4. The average Bonchev–Trinajstić information content (AvgIpc) is 3.05. The Morgan fingerprint density at radius 3 is 0.810 bits per heavy atom. The Morgan fingerprint density at radius 1 is 0.571 bits per heavy atom. The number of aliphatic hydroxyl groups is 5. The molecule has 9 N–H and O–H groups in total. The molecular formula is C45H124N4O12S2. The van der Waals surface area contributed by atoms with Crippen molar-refractivity contribution in [1.82, 2.24) is 20.7 Å². The number of Topliss-reactive ketones (excluding diaryl/α,β-unsaturated/α-hetero) is 2. The maximum Gasteiger partial charge on any atom is 0.222 e. The molecule has 0 radical (unpaired) electrons. The first-order valence-corrected chi connectivity index (χ1v) is 21.8. The minimum absolute atomic E-state index is 0. The first-order chi connectivity index (χ1) is 24.3. The lowest BCUT2D eigenvalue weighted by molar-refractivity contribution is -0.122. The second-order valence-electron chi connectivity index (χ2n) is 11.4. The Morgan fingerprint density at radius 2 is 0.794 bits per heavy atom. The van der Waals surface area contributed by atoms with Crippen molar-refractivity contribution in [1.29, 1.82) is 0 Å². The second-order valence-corrected chi connectivity index (χ2v) is 15.8. The van der Waals surface area contributed by atoms with Crippen molar-refractivity contribution in [3.63, 3.8) is 0 Å². The fraction of sp³-hybridized carbons (Fsp3) is 0.889. The Labute approximate surface area is 398 Å². The Hall–Kier alpha value is -1.87. The first-order valence-electron chi connectivity index (χ1n) is 17.8. The summed E-state index contributed by atoms with van der Waals surface area (Å²) in [6, 6.07) is 0. The molecule has 0 aliphatic rings. The number of aliphatic hydroxyl groups excluding tert-OH is 5. The van der Waals surface area contributed by atoms with E-state index in [-0.39, 0.29) is 109 Å². The lowest BCUT2D eigenvalue weighted by Gasteiger charge is -2.03. The number of sulfonamides is 1. The zero-order valence-corrected chi connectivity index (χ0v) is 39.3. The highest BCUT2D eigenvalue weighted by Gasteiger charge is 2.01. The minimum Gasteiger partial charge on any atom is -0.393 e. The zero-order valence-electron chi connectivity index (χ0n) is 37.7. The number of hydrogen-bond acceptors (Lipinski definition) is 14. The number of rotatable bonds is 10. The Bertz CT molecular complexity index is 931. The van der Waals surface area contributed by atoms with Gasteiger partial charge in [-0.15, -0.1) is 0 Å². The van der Waals surface area contributed by atoms with Gasteiger partial charge in [-0.1, -0.05) is 107 Å². The van der Waals surface area contributed by atoms with Gasteiger partial charge in [0.05, 0.1) is 43.2 Å². The highest BCUT2D eigenvalue weighted by atomic mass is 32.2. The van der Waals surface area contributed by atoms with Gasteiger partial charge >= 0.3 is 0 Å². The minimum atomic E-state index is -2.91. The molecule has 63 heavy (non-hydrogen) atoms. The summed E-state index contributed by atoms with van der Waals surface area (Å²) in [5, 5.41) is 50.3. The topological polar surface area (TPSA) is 269 Å². The predicted octanol–water partition coefficient (Wildman–Crippen LogP) is 7.95. The SMILES string of the molecule is C.C.C.C.C.C.C.C.C.CC(C)=O.CC(O)C(C)O.CC=CC.CCC(C)=O.CCC(C)O.CCNC.CCS(C)(=O)=O.CNC(=O)CC(C)O.CNCC(C)O.CNS(C)(=O)=O. The summed E-state index contributed by atoms with van der Waals surface area (Å²) in [4.78, 5) is 29.6. The van der Waals surface area contributed by atoms with E-state index < -0.39 is 38.2 Å². The van der Waals surface area contributed by atoms with Crippen LogP contribution in [0.4, 0.5) is 0 Å². The van der Waals surface area contributed by atoms with Crippen LogP contribution in [0.1, 0.15) is 183 Å². The van der Waals surface area contributed by atoms with E-state index in [1.807, 2.05) is 53.9 Å². The Balaban J connectivity index is -0.0000000199. The highest BCUT2D eigenvalue weighted by molar-refractivity contribution is 7.90. The highest BCUT2D eigenvalue weighted by Crippen LogP contribution is 1.86. The molecule has 0 saturated heterocycles. The molecule has 5 atom stereocenters. The van der Waals surface area contributed by atoms with Crippen LogP contribution in [0.2, 0.25) is 0 Å². The summed E-state index contributed by atoms with van der Waals surface area (Å²) in [5.41, 5.74) is 0. The number of amides is 1. The van der Waals surface area contributed by atoms with Gasteiger partial charge in [-0.25, -0.2) is 21.6 Å². The first kappa shape index (κ1) is 125. The standard InChI is InChI=1S/C5H11NO2.C4H11NO.C4H10O2.C4H10O.C4H8O.C4H8.C3H9N.C3H8O2S.C3H6O.C2H7NO2S.9CH4/c1-4(7)3-5(8)6-2;1-4(6)3-5-2;1-3(5)4(2)6;2*1-3-4(2)5;2*1-3-4-2;1-3-6(2,4)5;1-3(2)4;1-3-6(2,4)5;;;;;;;;;/h4,7H,3H2,1-2H3,(H,6,8);4-6H,3H2,1-2H3;3-6H,1-2H3;4-5H,3H2,1-2H3;3H2,1-2H3;3-4H,1-2H3;4H,3H2,1-2H3;3H2,1-2H3;1-2H3;3H,1-2H3;9*1H4. The van der Waals surface area contributed by atoms with Gasteiger partial charge in [0.1, 0.15) is 21.4 Å². The maximum atomic E-state index is 10.4. The molecule has 408 valence electrons. The molecule has 0 aromatic carbocycles. The molecule has 0 aromatic rings. The number of sulfone groups is 1. The van der Waals surface area contributed by atoms with Crippen LogP contribution in [0.5, 0.6) is 0 Å². The quantitative estimate of drug-likeness (QED) is 0.0941. The molecule has 0 saturated carbocycles. The van der Waals surface area contributed by atoms with Crippen molar-refractivity contribution in [3.05, 3.63) is 12.2 Å². The molecule has 0 aliphatic heterocycles. The van der Waals surface area contributed by atoms with E-state index >= 15 is 0 Å². The fourth-order valence-electron chi connectivity index (χ4n) is 0.666. The Kier molecular flexibility index (Phi) is 195. The summed E-state index contributed by atoms with van der Waals surface area (Å²) < 4.78 is 41.9. The van der Waals surface area contributed by atoms with E-state index in [0.717, 1.165) is 19.2 Å². The molecule has 0 fully saturated rings.